The highest BCUT2D eigenvalue weighted by Gasteiger charge is 2.16. The molecule has 0 spiro atoms. The Balaban J connectivity index is 3.33. The molecular formula is C7H5FINO3. The lowest BCUT2D eigenvalue weighted by atomic mass is 10.2. The van der Waals surface area contributed by atoms with Crippen LogP contribution < -0.4 is 0 Å². The van der Waals surface area contributed by atoms with E-state index in [1.165, 1.54) is 0 Å². The highest BCUT2D eigenvalue weighted by Crippen LogP contribution is 2.28. The lowest BCUT2D eigenvalue weighted by Crippen LogP contribution is -1.94. The summed E-state index contributed by atoms with van der Waals surface area (Å²) >= 11 is 1.89. The van der Waals surface area contributed by atoms with E-state index in [9.17, 15) is 14.5 Å². The number of phenols is 1. The Kier molecular flexibility index (Phi) is 3.02. The summed E-state index contributed by atoms with van der Waals surface area (Å²) in [5, 5.41) is 19.3. The fraction of sp³-hybridized carbons (Fsp3) is 0.143. The predicted octanol–water partition coefficient (Wildman–Crippen LogP) is 2.37. The van der Waals surface area contributed by atoms with E-state index in [0.29, 0.717) is 4.43 Å². The van der Waals surface area contributed by atoms with Gasteiger partial charge in [-0.25, -0.2) is 4.39 Å². The molecule has 0 atom stereocenters. The summed E-state index contributed by atoms with van der Waals surface area (Å²) in [6.45, 7) is 0. The molecule has 0 bridgehead atoms. The molecule has 0 unspecified atom stereocenters. The molecule has 1 aromatic rings. The van der Waals surface area contributed by atoms with Crippen molar-refractivity contribution in [3.63, 3.8) is 0 Å². The Morgan fingerprint density at radius 3 is 2.69 bits per heavy atom. The summed E-state index contributed by atoms with van der Waals surface area (Å²) in [5.41, 5.74) is 0.00852. The Morgan fingerprint density at radius 1 is 1.62 bits per heavy atom. The second-order valence-corrected chi connectivity index (χ2v) is 3.09. The first kappa shape index (κ1) is 10.2. The number of nitrogens with zero attached hydrogens (tertiary/aromatic N) is 1. The molecule has 70 valence electrons. The van der Waals surface area contributed by atoms with Crippen LogP contribution in [0.2, 0.25) is 0 Å². The van der Waals surface area contributed by atoms with E-state index in [-0.39, 0.29) is 11.3 Å². The molecule has 0 aliphatic heterocycles. The smallest absolute Gasteiger partial charge is 0.277 e. The number of halogens is 2. The summed E-state index contributed by atoms with van der Waals surface area (Å²) < 4.78 is 13.1. The van der Waals surface area contributed by atoms with Crippen molar-refractivity contribution in [3.8, 4) is 5.75 Å². The molecular weight excluding hydrogens is 292 g/mol. The van der Waals surface area contributed by atoms with E-state index >= 15 is 0 Å². The van der Waals surface area contributed by atoms with Crippen molar-refractivity contribution in [2.24, 2.45) is 0 Å². The van der Waals surface area contributed by atoms with Gasteiger partial charge in [0.25, 0.3) is 5.69 Å². The van der Waals surface area contributed by atoms with Crippen molar-refractivity contribution in [1.29, 1.82) is 0 Å². The summed E-state index contributed by atoms with van der Waals surface area (Å²) in [4.78, 5) is 9.77. The Morgan fingerprint density at radius 2 is 2.23 bits per heavy atom. The fourth-order valence-electron chi connectivity index (χ4n) is 0.869. The SMILES string of the molecule is O=[N+]([O-])c1cc(O)c(F)cc1CI. The van der Waals surface area contributed by atoms with Crippen molar-refractivity contribution >= 4 is 28.3 Å². The first-order valence-corrected chi connectivity index (χ1v) is 4.80. The van der Waals surface area contributed by atoms with Crippen LogP contribution in [0.25, 0.3) is 0 Å². The van der Waals surface area contributed by atoms with Gasteiger partial charge in [-0.3, -0.25) is 10.1 Å². The number of benzene rings is 1. The van der Waals surface area contributed by atoms with E-state index in [1.54, 1.807) is 0 Å². The maximum absolute atomic E-state index is 12.7. The molecule has 0 radical (unpaired) electrons. The monoisotopic (exact) mass is 297 g/mol. The van der Waals surface area contributed by atoms with Gasteiger partial charge in [-0.05, 0) is 6.07 Å². The summed E-state index contributed by atoms with van der Waals surface area (Å²) in [7, 11) is 0. The van der Waals surface area contributed by atoms with Crippen LogP contribution >= 0.6 is 22.6 Å². The lowest BCUT2D eigenvalue weighted by Gasteiger charge is -2.00. The zero-order valence-electron chi connectivity index (χ0n) is 6.33. The van der Waals surface area contributed by atoms with Crippen molar-refractivity contribution in [2.45, 2.75) is 4.43 Å². The predicted molar refractivity (Wildman–Crippen MR) is 52.4 cm³/mol. The van der Waals surface area contributed by atoms with Crippen LogP contribution in [-0.4, -0.2) is 10.0 Å². The van der Waals surface area contributed by atoms with Gasteiger partial charge in [0.2, 0.25) is 0 Å². The highest BCUT2D eigenvalue weighted by molar-refractivity contribution is 14.1. The highest BCUT2D eigenvalue weighted by atomic mass is 127. The number of rotatable bonds is 2. The average Bonchev–Trinajstić information content (AvgIpc) is 2.08. The number of nitro groups is 1. The maximum atomic E-state index is 12.7. The van der Waals surface area contributed by atoms with Gasteiger partial charge in [0.05, 0.1) is 11.0 Å². The van der Waals surface area contributed by atoms with Gasteiger partial charge < -0.3 is 5.11 Å². The third kappa shape index (κ3) is 2.06. The standard InChI is InChI=1S/C7H5FINO3/c8-5-1-4(3-9)6(10(12)13)2-7(5)11/h1-2,11H,3H2. The Bertz CT molecular complexity index is 356. The molecule has 13 heavy (non-hydrogen) atoms. The van der Waals surface area contributed by atoms with E-state index in [2.05, 4.69) is 0 Å². The first-order valence-electron chi connectivity index (χ1n) is 3.28. The van der Waals surface area contributed by atoms with Gasteiger partial charge >= 0.3 is 0 Å². The third-order valence-electron chi connectivity index (χ3n) is 1.49. The van der Waals surface area contributed by atoms with Crippen LogP contribution in [0.3, 0.4) is 0 Å². The second-order valence-electron chi connectivity index (χ2n) is 2.32. The molecule has 4 nitrogen and oxygen atoms in total. The van der Waals surface area contributed by atoms with Crippen LogP contribution in [0.1, 0.15) is 5.56 Å². The summed E-state index contributed by atoms with van der Waals surface area (Å²) in [5.74, 6) is -1.53. The molecule has 0 aliphatic rings. The zero-order chi connectivity index (χ0) is 10.0. The summed E-state index contributed by atoms with van der Waals surface area (Å²) in [6, 6.07) is 1.79. The normalized spacial score (nSPS) is 10.0. The van der Waals surface area contributed by atoms with Crippen molar-refractivity contribution < 1.29 is 14.4 Å². The Hall–Kier alpha value is -0.920. The Labute approximate surface area is 86.7 Å². The fourth-order valence-corrected chi connectivity index (χ4v) is 1.48. The van der Waals surface area contributed by atoms with E-state index in [4.69, 9.17) is 5.11 Å². The molecule has 0 fully saturated rings. The molecule has 6 heteroatoms. The van der Waals surface area contributed by atoms with Crippen LogP contribution in [0.15, 0.2) is 12.1 Å². The van der Waals surface area contributed by atoms with Crippen LogP contribution in [0.5, 0.6) is 5.75 Å². The minimum Gasteiger partial charge on any atom is -0.505 e. The lowest BCUT2D eigenvalue weighted by molar-refractivity contribution is -0.385. The third-order valence-corrected chi connectivity index (χ3v) is 2.31. The maximum Gasteiger partial charge on any atom is 0.277 e. The van der Waals surface area contributed by atoms with Gasteiger partial charge in [-0.2, -0.15) is 0 Å². The number of alkyl halides is 1. The largest absolute Gasteiger partial charge is 0.505 e. The molecule has 0 amide bonds. The average molecular weight is 297 g/mol. The van der Waals surface area contributed by atoms with Gasteiger partial charge in [-0.15, -0.1) is 0 Å². The van der Waals surface area contributed by atoms with Crippen molar-refractivity contribution in [2.75, 3.05) is 0 Å². The van der Waals surface area contributed by atoms with E-state index in [0.717, 1.165) is 12.1 Å². The summed E-state index contributed by atoms with van der Waals surface area (Å²) in [6.07, 6.45) is 0. The van der Waals surface area contributed by atoms with Crippen LogP contribution in [-0.2, 0) is 4.43 Å². The molecule has 0 aromatic heterocycles. The number of hydrogen-bond acceptors (Lipinski definition) is 3. The molecule has 1 aromatic carbocycles. The number of aromatic hydroxyl groups is 1. The molecule has 0 heterocycles. The van der Waals surface area contributed by atoms with Crippen LogP contribution in [0, 0.1) is 15.9 Å². The molecule has 0 saturated carbocycles. The van der Waals surface area contributed by atoms with Crippen molar-refractivity contribution in [1.82, 2.24) is 0 Å². The van der Waals surface area contributed by atoms with Crippen LogP contribution in [0.4, 0.5) is 10.1 Å². The van der Waals surface area contributed by atoms with Gasteiger partial charge in [0.1, 0.15) is 0 Å². The van der Waals surface area contributed by atoms with Gasteiger partial charge in [0.15, 0.2) is 11.6 Å². The number of phenolic OH excluding ortho intramolecular Hbond substituents is 1. The van der Waals surface area contributed by atoms with Gasteiger partial charge in [-0.1, -0.05) is 22.6 Å². The molecule has 1 rings (SSSR count). The zero-order valence-corrected chi connectivity index (χ0v) is 8.49. The minimum atomic E-state index is -0.836. The van der Waals surface area contributed by atoms with Crippen molar-refractivity contribution in [3.05, 3.63) is 33.6 Å². The quantitative estimate of drug-likeness (QED) is 0.394. The minimum absolute atomic E-state index is 0.256. The van der Waals surface area contributed by atoms with E-state index < -0.39 is 16.5 Å². The number of nitro benzene ring substituents is 1. The molecule has 0 aliphatic carbocycles. The molecule has 0 saturated heterocycles. The second kappa shape index (κ2) is 3.86. The topological polar surface area (TPSA) is 63.4 Å². The number of hydrogen-bond donors (Lipinski definition) is 1. The van der Waals surface area contributed by atoms with Gasteiger partial charge in [0, 0.05) is 9.99 Å². The van der Waals surface area contributed by atoms with E-state index in [1.807, 2.05) is 22.6 Å². The molecule has 1 N–H and O–H groups in total. The first-order chi connectivity index (χ1) is 6.06.